The normalized spacial score (nSPS) is 11.3. The highest BCUT2D eigenvalue weighted by Gasteiger charge is 2.05. The Labute approximate surface area is 100 Å². The van der Waals surface area contributed by atoms with Gasteiger partial charge in [0, 0.05) is 23.6 Å². The van der Waals surface area contributed by atoms with Crippen molar-refractivity contribution in [1.29, 1.82) is 0 Å². The largest absolute Gasteiger partial charge is 0.463 e. The summed E-state index contributed by atoms with van der Waals surface area (Å²) in [5, 5.41) is 1.11. The first-order valence-corrected chi connectivity index (χ1v) is 5.64. The lowest BCUT2D eigenvalue weighted by Gasteiger charge is -2.08. The fraction of sp³-hybridized carbons (Fsp3) is 0.385. The van der Waals surface area contributed by atoms with Gasteiger partial charge in [0.25, 0.3) is 0 Å². The Kier molecular flexibility index (Phi) is 3.64. The Morgan fingerprint density at radius 3 is 2.88 bits per heavy atom. The monoisotopic (exact) mass is 236 g/mol. The van der Waals surface area contributed by atoms with E-state index in [9.17, 15) is 4.39 Å². The van der Waals surface area contributed by atoms with Gasteiger partial charge in [-0.2, -0.15) is 0 Å². The molecule has 0 fully saturated rings. The summed E-state index contributed by atoms with van der Waals surface area (Å²) in [7, 11) is 4.10. The van der Waals surface area contributed by atoms with E-state index in [1.807, 2.05) is 32.4 Å². The molecule has 92 valence electrons. The average molecular weight is 236 g/mol. The maximum absolute atomic E-state index is 12.1. The van der Waals surface area contributed by atoms with Crippen LogP contribution in [0.25, 0.3) is 10.9 Å². The summed E-state index contributed by atoms with van der Waals surface area (Å²) >= 11 is 0. The molecule has 0 aliphatic heterocycles. The predicted octanol–water partition coefficient (Wildman–Crippen LogP) is 2.58. The molecule has 1 aromatic carbocycles. The van der Waals surface area contributed by atoms with Gasteiger partial charge in [0.15, 0.2) is 0 Å². The summed E-state index contributed by atoms with van der Waals surface area (Å²) in [4.78, 5) is 5.35. The first kappa shape index (κ1) is 11.9. The summed E-state index contributed by atoms with van der Waals surface area (Å²) in [5.41, 5.74) is 2.29. The number of halogens is 1. The lowest BCUT2D eigenvalue weighted by atomic mass is 10.1. The van der Waals surface area contributed by atoms with Crippen molar-refractivity contribution in [3.05, 3.63) is 30.0 Å². The quantitative estimate of drug-likeness (QED) is 0.864. The van der Waals surface area contributed by atoms with Gasteiger partial charge in [0.1, 0.15) is 5.75 Å². The van der Waals surface area contributed by atoms with E-state index in [0.717, 1.165) is 23.9 Å². The second-order valence-corrected chi connectivity index (χ2v) is 4.33. The van der Waals surface area contributed by atoms with Gasteiger partial charge in [-0.05, 0) is 44.3 Å². The molecule has 0 spiro atoms. The number of nitrogens with one attached hydrogen (secondary N) is 1. The fourth-order valence-electron chi connectivity index (χ4n) is 1.86. The highest BCUT2D eigenvalue weighted by molar-refractivity contribution is 5.84. The molecule has 4 heteroatoms. The number of fused-ring (bicyclic) bond motifs is 1. The Morgan fingerprint density at radius 2 is 2.18 bits per heavy atom. The van der Waals surface area contributed by atoms with E-state index in [4.69, 9.17) is 4.74 Å². The minimum absolute atomic E-state index is 0.575. The Hall–Kier alpha value is -1.55. The molecule has 2 rings (SSSR count). The molecule has 0 aliphatic carbocycles. The summed E-state index contributed by atoms with van der Waals surface area (Å²) in [6, 6.07) is 5.57. The molecule has 17 heavy (non-hydrogen) atoms. The van der Waals surface area contributed by atoms with Crippen LogP contribution in [-0.4, -0.2) is 37.4 Å². The van der Waals surface area contributed by atoms with Crippen LogP contribution < -0.4 is 4.74 Å². The van der Waals surface area contributed by atoms with Crippen LogP contribution in [-0.2, 0) is 6.42 Å². The van der Waals surface area contributed by atoms with Crippen LogP contribution in [0.1, 0.15) is 5.56 Å². The maximum Gasteiger partial charge on any atom is 0.228 e. The van der Waals surface area contributed by atoms with Crippen LogP contribution in [0.2, 0.25) is 0 Å². The van der Waals surface area contributed by atoms with Crippen LogP contribution in [0.3, 0.4) is 0 Å². The van der Waals surface area contributed by atoms with Gasteiger partial charge in [-0.1, -0.05) is 0 Å². The molecule has 0 saturated heterocycles. The first-order valence-electron chi connectivity index (χ1n) is 5.64. The van der Waals surface area contributed by atoms with Crippen LogP contribution in [0.5, 0.6) is 5.75 Å². The van der Waals surface area contributed by atoms with Crippen molar-refractivity contribution < 1.29 is 9.13 Å². The molecule has 0 amide bonds. The van der Waals surface area contributed by atoms with E-state index in [0.29, 0.717) is 5.75 Å². The molecular formula is C13H17FN2O. The smallest absolute Gasteiger partial charge is 0.228 e. The van der Waals surface area contributed by atoms with Crippen molar-refractivity contribution in [2.24, 2.45) is 0 Å². The Balaban J connectivity index is 2.26. The number of nitrogens with zero attached hydrogens (tertiary/aromatic N) is 1. The molecule has 0 atom stereocenters. The number of hydrogen-bond donors (Lipinski definition) is 1. The van der Waals surface area contributed by atoms with Crippen LogP contribution >= 0.6 is 0 Å². The van der Waals surface area contributed by atoms with Crippen molar-refractivity contribution in [3.8, 4) is 5.75 Å². The Morgan fingerprint density at radius 1 is 1.35 bits per heavy atom. The van der Waals surface area contributed by atoms with Gasteiger partial charge >= 0.3 is 0 Å². The number of alkyl halides is 1. The minimum Gasteiger partial charge on any atom is -0.463 e. The lowest BCUT2D eigenvalue weighted by Crippen LogP contribution is -2.14. The molecule has 0 saturated carbocycles. The number of ether oxygens (including phenoxy) is 1. The molecule has 1 N–H and O–H groups in total. The highest BCUT2D eigenvalue weighted by Crippen LogP contribution is 2.24. The highest BCUT2D eigenvalue weighted by atomic mass is 19.1. The molecule has 2 aromatic rings. The average Bonchev–Trinajstić information content (AvgIpc) is 2.69. The minimum atomic E-state index is -0.789. The summed E-state index contributed by atoms with van der Waals surface area (Å²) in [6.45, 7) is 0.199. The zero-order valence-corrected chi connectivity index (χ0v) is 10.2. The number of rotatable bonds is 5. The van der Waals surface area contributed by atoms with Crippen LogP contribution in [0.4, 0.5) is 4.39 Å². The third kappa shape index (κ3) is 2.77. The van der Waals surface area contributed by atoms with Crippen molar-refractivity contribution in [2.45, 2.75) is 6.42 Å². The number of likely N-dealkylation sites (N-methyl/N-ethyl adjacent to an activating group) is 1. The molecule has 0 bridgehead atoms. The van der Waals surface area contributed by atoms with Crippen molar-refractivity contribution in [3.63, 3.8) is 0 Å². The maximum atomic E-state index is 12.1. The zero-order valence-electron chi connectivity index (χ0n) is 10.2. The summed E-state index contributed by atoms with van der Waals surface area (Å²) in [6.07, 6.45) is 2.97. The second-order valence-electron chi connectivity index (χ2n) is 4.33. The number of benzene rings is 1. The Bertz CT molecular complexity index is 493. The van der Waals surface area contributed by atoms with E-state index in [2.05, 4.69) is 9.88 Å². The van der Waals surface area contributed by atoms with E-state index in [1.54, 1.807) is 6.07 Å². The van der Waals surface area contributed by atoms with Crippen molar-refractivity contribution in [2.75, 3.05) is 27.5 Å². The van der Waals surface area contributed by atoms with Gasteiger partial charge in [0.05, 0.1) is 0 Å². The molecular weight excluding hydrogens is 219 g/mol. The first-order chi connectivity index (χ1) is 8.20. The molecule has 0 aliphatic rings. The van der Waals surface area contributed by atoms with Gasteiger partial charge < -0.3 is 14.6 Å². The van der Waals surface area contributed by atoms with E-state index in [1.165, 1.54) is 5.56 Å². The van der Waals surface area contributed by atoms with Crippen LogP contribution in [0, 0.1) is 0 Å². The van der Waals surface area contributed by atoms with Gasteiger partial charge in [-0.25, -0.2) is 4.39 Å². The lowest BCUT2D eigenvalue weighted by molar-refractivity contribution is 0.192. The van der Waals surface area contributed by atoms with Crippen LogP contribution in [0.15, 0.2) is 24.4 Å². The number of hydrogen-bond acceptors (Lipinski definition) is 2. The molecule has 1 heterocycles. The van der Waals surface area contributed by atoms with Crippen molar-refractivity contribution in [1.82, 2.24) is 9.88 Å². The van der Waals surface area contributed by atoms with Gasteiger partial charge in [-0.15, -0.1) is 0 Å². The summed E-state index contributed by atoms with van der Waals surface area (Å²) in [5.74, 6) is 0.575. The zero-order chi connectivity index (χ0) is 12.3. The fourth-order valence-corrected chi connectivity index (χ4v) is 1.86. The standard InChI is InChI=1S/C13H17FN2O/c1-16(2)6-5-10-8-15-13-4-3-11(17-9-14)7-12(10)13/h3-4,7-8,15H,5-6,9H2,1-2H3. The van der Waals surface area contributed by atoms with E-state index in [-0.39, 0.29) is 0 Å². The molecule has 1 aromatic heterocycles. The van der Waals surface area contributed by atoms with E-state index >= 15 is 0 Å². The molecule has 0 unspecified atom stereocenters. The molecule has 3 nitrogen and oxygen atoms in total. The SMILES string of the molecule is CN(C)CCc1c[nH]c2ccc(OCF)cc12. The summed E-state index contributed by atoms with van der Waals surface area (Å²) < 4.78 is 17.0. The van der Waals surface area contributed by atoms with Gasteiger partial charge in [0.2, 0.25) is 6.86 Å². The molecule has 0 radical (unpaired) electrons. The number of aromatic nitrogens is 1. The number of aromatic amines is 1. The second kappa shape index (κ2) is 5.19. The third-order valence-corrected chi connectivity index (χ3v) is 2.79. The third-order valence-electron chi connectivity index (χ3n) is 2.79. The number of H-pyrrole nitrogens is 1. The topological polar surface area (TPSA) is 28.3 Å². The predicted molar refractivity (Wildman–Crippen MR) is 67.2 cm³/mol. The van der Waals surface area contributed by atoms with E-state index < -0.39 is 6.86 Å². The van der Waals surface area contributed by atoms with Gasteiger partial charge in [-0.3, -0.25) is 0 Å². The van der Waals surface area contributed by atoms with Crippen molar-refractivity contribution >= 4 is 10.9 Å².